The van der Waals surface area contributed by atoms with Crippen molar-refractivity contribution in [1.29, 1.82) is 0 Å². The van der Waals surface area contributed by atoms with Crippen LogP contribution in [0.15, 0.2) is 23.5 Å². The fourth-order valence-corrected chi connectivity index (χ4v) is 1.18. The van der Waals surface area contributed by atoms with Crippen molar-refractivity contribution in [2.24, 2.45) is 0 Å². The Hall–Kier alpha value is -1.09. The van der Waals surface area contributed by atoms with Crippen molar-refractivity contribution in [3.8, 4) is 0 Å². The van der Waals surface area contributed by atoms with Crippen LogP contribution >= 0.6 is 0 Å². The first-order chi connectivity index (χ1) is 6.69. The molecule has 1 aliphatic rings. The van der Waals surface area contributed by atoms with E-state index in [0.717, 1.165) is 0 Å². The molecule has 14 heavy (non-hydrogen) atoms. The number of allylic oxidation sites excluding steroid dienone is 3. The first-order valence-corrected chi connectivity index (χ1v) is 4.90. The van der Waals surface area contributed by atoms with Crippen molar-refractivity contribution in [2.75, 3.05) is 0 Å². The molecule has 1 aliphatic heterocycles. The molecule has 1 rings (SSSR count). The lowest BCUT2D eigenvalue weighted by Crippen LogP contribution is -2.25. The number of aliphatic hydroxyl groups excluding tert-OH is 1. The fourth-order valence-electron chi connectivity index (χ4n) is 1.18. The Labute approximate surface area is 85.1 Å². The van der Waals surface area contributed by atoms with Crippen LogP contribution in [0.2, 0.25) is 0 Å². The summed E-state index contributed by atoms with van der Waals surface area (Å²) in [5.74, 6) is 0.408. The molecule has 1 saturated heterocycles. The van der Waals surface area contributed by atoms with E-state index in [1.807, 2.05) is 13.8 Å². The van der Waals surface area contributed by atoms with E-state index in [-0.39, 0.29) is 12.2 Å². The molecule has 0 aromatic carbocycles. The minimum absolute atomic E-state index is 0.0526. The van der Waals surface area contributed by atoms with Gasteiger partial charge in [0, 0.05) is 0 Å². The van der Waals surface area contributed by atoms with Crippen molar-refractivity contribution in [3.63, 3.8) is 0 Å². The molecule has 0 bridgehead atoms. The van der Waals surface area contributed by atoms with Crippen LogP contribution in [-0.2, 0) is 9.53 Å². The SMILES string of the molecule is C/C=C1/OC(O)CC(=O)/C1=C/C.CC. The molecule has 0 aromatic rings. The molecule has 1 unspecified atom stereocenters. The van der Waals surface area contributed by atoms with Gasteiger partial charge in [-0.25, -0.2) is 0 Å². The zero-order valence-corrected chi connectivity index (χ0v) is 9.20. The zero-order valence-electron chi connectivity index (χ0n) is 9.20. The number of ether oxygens (including phenoxy) is 1. The predicted molar refractivity (Wildman–Crippen MR) is 55.6 cm³/mol. The van der Waals surface area contributed by atoms with Crippen LogP contribution in [-0.4, -0.2) is 17.2 Å². The van der Waals surface area contributed by atoms with Gasteiger partial charge in [0.1, 0.15) is 5.76 Å². The summed E-state index contributed by atoms with van der Waals surface area (Å²) in [6, 6.07) is 0. The third-order valence-corrected chi connectivity index (χ3v) is 1.74. The van der Waals surface area contributed by atoms with E-state index < -0.39 is 6.29 Å². The Morgan fingerprint density at radius 3 is 2.36 bits per heavy atom. The Morgan fingerprint density at radius 1 is 1.36 bits per heavy atom. The van der Waals surface area contributed by atoms with E-state index >= 15 is 0 Å². The summed E-state index contributed by atoms with van der Waals surface area (Å²) < 4.78 is 5.04. The van der Waals surface area contributed by atoms with Crippen LogP contribution in [0.25, 0.3) is 0 Å². The van der Waals surface area contributed by atoms with Crippen molar-refractivity contribution >= 4 is 5.78 Å². The highest BCUT2D eigenvalue weighted by molar-refractivity contribution is 5.99. The highest BCUT2D eigenvalue weighted by atomic mass is 16.6. The zero-order chi connectivity index (χ0) is 11.1. The minimum Gasteiger partial charge on any atom is -0.464 e. The molecule has 0 amide bonds. The van der Waals surface area contributed by atoms with Crippen LogP contribution in [0.5, 0.6) is 0 Å². The largest absolute Gasteiger partial charge is 0.464 e. The molecule has 1 N–H and O–H groups in total. The first-order valence-electron chi connectivity index (χ1n) is 4.90. The maximum atomic E-state index is 11.3. The number of Topliss-reactive ketones (excluding diaryl/α,β-unsaturated/α-hetero) is 1. The lowest BCUT2D eigenvalue weighted by Gasteiger charge is -2.22. The van der Waals surface area contributed by atoms with Crippen LogP contribution in [0.4, 0.5) is 0 Å². The molecule has 0 saturated carbocycles. The molecule has 0 aromatic heterocycles. The van der Waals surface area contributed by atoms with Crippen molar-refractivity contribution < 1.29 is 14.6 Å². The molecule has 1 atom stereocenters. The highest BCUT2D eigenvalue weighted by Crippen LogP contribution is 2.23. The number of carbonyl (C=O) groups is 1. The van der Waals surface area contributed by atoms with Gasteiger partial charge in [-0.15, -0.1) is 0 Å². The van der Waals surface area contributed by atoms with Crippen LogP contribution in [0.1, 0.15) is 34.1 Å². The fraction of sp³-hybridized carbons (Fsp3) is 0.545. The summed E-state index contributed by atoms with van der Waals surface area (Å²) in [6.45, 7) is 7.54. The van der Waals surface area contributed by atoms with E-state index in [4.69, 9.17) is 9.84 Å². The summed E-state index contributed by atoms with van der Waals surface area (Å²) in [5, 5.41) is 9.08. The Bertz CT molecular complexity index is 251. The van der Waals surface area contributed by atoms with Gasteiger partial charge in [0.15, 0.2) is 5.78 Å². The number of rotatable bonds is 0. The predicted octanol–water partition coefficient (Wildman–Crippen LogP) is 2.17. The molecular formula is C11H18O3. The molecule has 1 heterocycles. The van der Waals surface area contributed by atoms with Crippen molar-refractivity contribution in [1.82, 2.24) is 0 Å². The first kappa shape index (κ1) is 12.9. The molecule has 0 spiro atoms. The van der Waals surface area contributed by atoms with Gasteiger partial charge >= 0.3 is 0 Å². The van der Waals surface area contributed by atoms with Crippen molar-refractivity contribution in [2.45, 2.75) is 40.4 Å². The van der Waals surface area contributed by atoms with E-state index in [0.29, 0.717) is 11.3 Å². The number of aliphatic hydroxyl groups is 1. The minimum atomic E-state index is -0.979. The van der Waals surface area contributed by atoms with Gasteiger partial charge < -0.3 is 9.84 Å². The average Bonchev–Trinajstić information content (AvgIpc) is 2.19. The average molecular weight is 198 g/mol. The second kappa shape index (κ2) is 6.38. The van der Waals surface area contributed by atoms with Crippen LogP contribution in [0, 0.1) is 0 Å². The lowest BCUT2D eigenvalue weighted by atomic mass is 10.0. The van der Waals surface area contributed by atoms with E-state index in [9.17, 15) is 4.79 Å². The third-order valence-electron chi connectivity index (χ3n) is 1.74. The van der Waals surface area contributed by atoms with Gasteiger partial charge in [-0.1, -0.05) is 19.9 Å². The van der Waals surface area contributed by atoms with Gasteiger partial charge in [-0.05, 0) is 19.9 Å². The number of hydrogen-bond donors (Lipinski definition) is 1. The summed E-state index contributed by atoms with van der Waals surface area (Å²) in [6.07, 6.45) is 2.45. The smallest absolute Gasteiger partial charge is 0.204 e. The molecular weight excluding hydrogens is 180 g/mol. The normalized spacial score (nSPS) is 26.9. The topological polar surface area (TPSA) is 46.5 Å². The quantitative estimate of drug-likeness (QED) is 0.607. The molecule has 0 aliphatic carbocycles. The summed E-state index contributed by atoms with van der Waals surface area (Å²) in [5.41, 5.74) is 0.558. The van der Waals surface area contributed by atoms with E-state index in [1.165, 1.54) is 0 Å². The Kier molecular flexibility index (Phi) is 5.88. The van der Waals surface area contributed by atoms with Gasteiger partial charge in [0.2, 0.25) is 6.29 Å². The van der Waals surface area contributed by atoms with Gasteiger partial charge in [0.25, 0.3) is 0 Å². The van der Waals surface area contributed by atoms with Gasteiger partial charge in [-0.3, -0.25) is 4.79 Å². The summed E-state index contributed by atoms with van der Waals surface area (Å²) in [4.78, 5) is 11.3. The van der Waals surface area contributed by atoms with Crippen LogP contribution in [0.3, 0.4) is 0 Å². The molecule has 1 fully saturated rings. The Morgan fingerprint density at radius 2 is 1.93 bits per heavy atom. The molecule has 0 radical (unpaired) electrons. The van der Waals surface area contributed by atoms with Gasteiger partial charge in [-0.2, -0.15) is 0 Å². The third kappa shape index (κ3) is 3.00. The maximum absolute atomic E-state index is 11.3. The second-order valence-corrected chi connectivity index (χ2v) is 2.56. The lowest BCUT2D eigenvalue weighted by molar-refractivity contribution is -0.132. The van der Waals surface area contributed by atoms with Gasteiger partial charge in [0.05, 0.1) is 12.0 Å². The standard InChI is InChI=1S/C9H12O3.C2H6/c1-3-6-7(10)5-9(11)12-8(6)4-2;1-2/h3-4,9,11H,5H2,1-2H3;1-2H3/b6-3-,8-4+;. The summed E-state index contributed by atoms with van der Waals surface area (Å²) >= 11 is 0. The summed E-state index contributed by atoms with van der Waals surface area (Å²) in [7, 11) is 0. The van der Waals surface area contributed by atoms with E-state index in [1.54, 1.807) is 26.0 Å². The molecule has 3 heteroatoms. The molecule has 80 valence electrons. The highest BCUT2D eigenvalue weighted by Gasteiger charge is 2.26. The number of hydrogen-bond acceptors (Lipinski definition) is 3. The van der Waals surface area contributed by atoms with Crippen LogP contribution < -0.4 is 0 Å². The maximum Gasteiger partial charge on any atom is 0.204 e. The monoisotopic (exact) mass is 198 g/mol. The molecule has 3 nitrogen and oxygen atoms in total. The number of ketones is 1. The van der Waals surface area contributed by atoms with Crippen molar-refractivity contribution in [3.05, 3.63) is 23.5 Å². The second-order valence-electron chi connectivity index (χ2n) is 2.56. The number of carbonyl (C=O) groups excluding carboxylic acids is 1. The van der Waals surface area contributed by atoms with E-state index in [2.05, 4.69) is 0 Å². The Balaban J connectivity index is 0.000000791.